The molecule has 0 fully saturated rings. The normalized spacial score (nSPS) is 14.8. The highest BCUT2D eigenvalue weighted by atomic mass is 35.5. The first-order valence-electron chi connectivity index (χ1n) is 3.76. The highest BCUT2D eigenvalue weighted by Gasteiger charge is 2.26. The lowest BCUT2D eigenvalue weighted by Crippen LogP contribution is -2.43. The van der Waals surface area contributed by atoms with E-state index >= 15 is 0 Å². The summed E-state index contributed by atoms with van der Waals surface area (Å²) in [6.45, 7) is 5.83. The second-order valence-corrected chi connectivity index (χ2v) is 3.41. The van der Waals surface area contributed by atoms with Gasteiger partial charge in [0.25, 0.3) is 0 Å². The van der Waals surface area contributed by atoms with E-state index in [2.05, 4.69) is 4.74 Å². The van der Waals surface area contributed by atoms with Crippen LogP contribution in [0.3, 0.4) is 0 Å². The molecule has 0 radical (unpaired) electrons. The second kappa shape index (κ2) is 5.38. The molecule has 4 heteroatoms. The maximum Gasteiger partial charge on any atom is 0.307 e. The molecule has 0 aliphatic rings. The Bertz CT molecular complexity index is 146. The number of halogens is 1. The van der Waals surface area contributed by atoms with Crippen LogP contribution in [0.25, 0.3) is 0 Å². The maximum atomic E-state index is 10.8. The van der Waals surface area contributed by atoms with Gasteiger partial charge in [-0.15, -0.1) is 12.4 Å². The third-order valence-corrected chi connectivity index (χ3v) is 2.07. The van der Waals surface area contributed by atoms with Crippen LogP contribution < -0.4 is 5.73 Å². The Morgan fingerprint density at radius 3 is 2.25 bits per heavy atom. The summed E-state index contributed by atoms with van der Waals surface area (Å²) in [5.41, 5.74) is 5.38. The Balaban J connectivity index is 0. The number of rotatable bonds is 3. The molecule has 0 heterocycles. The molecule has 1 unspecified atom stereocenters. The average molecular weight is 196 g/mol. The van der Waals surface area contributed by atoms with Crippen molar-refractivity contribution in [1.29, 1.82) is 0 Å². The van der Waals surface area contributed by atoms with E-state index < -0.39 is 5.54 Å². The first kappa shape index (κ1) is 14.3. The zero-order chi connectivity index (χ0) is 9.07. The van der Waals surface area contributed by atoms with Crippen LogP contribution in [-0.4, -0.2) is 18.6 Å². The van der Waals surface area contributed by atoms with Crippen molar-refractivity contribution in [2.45, 2.75) is 32.7 Å². The Hall–Kier alpha value is -0.280. The van der Waals surface area contributed by atoms with E-state index in [-0.39, 0.29) is 30.7 Å². The van der Waals surface area contributed by atoms with Crippen molar-refractivity contribution in [2.75, 3.05) is 7.11 Å². The minimum atomic E-state index is -0.451. The third kappa shape index (κ3) is 4.57. The highest BCUT2D eigenvalue weighted by molar-refractivity contribution is 5.85. The van der Waals surface area contributed by atoms with Gasteiger partial charge in [-0.25, -0.2) is 0 Å². The SMILES string of the molecule is COC(=O)CC(C)(N)C(C)C.Cl. The van der Waals surface area contributed by atoms with Crippen molar-refractivity contribution < 1.29 is 9.53 Å². The topological polar surface area (TPSA) is 52.3 Å². The fraction of sp³-hybridized carbons (Fsp3) is 0.875. The van der Waals surface area contributed by atoms with Gasteiger partial charge in [0.1, 0.15) is 0 Å². The molecule has 0 aromatic rings. The van der Waals surface area contributed by atoms with Crippen LogP contribution in [0.4, 0.5) is 0 Å². The molecule has 2 N–H and O–H groups in total. The molecule has 0 aliphatic heterocycles. The zero-order valence-corrected chi connectivity index (χ0v) is 8.90. The van der Waals surface area contributed by atoms with Gasteiger partial charge in [-0.2, -0.15) is 0 Å². The smallest absolute Gasteiger partial charge is 0.307 e. The Morgan fingerprint density at radius 1 is 1.58 bits per heavy atom. The highest BCUT2D eigenvalue weighted by Crippen LogP contribution is 2.17. The van der Waals surface area contributed by atoms with Gasteiger partial charge in [-0.05, 0) is 12.8 Å². The predicted octanol–water partition coefficient (Wildman–Crippen LogP) is 1.34. The number of carbonyl (C=O) groups excluding carboxylic acids is 1. The minimum Gasteiger partial charge on any atom is -0.469 e. The molecule has 0 amide bonds. The lowest BCUT2D eigenvalue weighted by atomic mass is 9.86. The lowest BCUT2D eigenvalue weighted by molar-refractivity contribution is -0.142. The van der Waals surface area contributed by atoms with E-state index in [0.29, 0.717) is 0 Å². The number of hydrogen-bond acceptors (Lipinski definition) is 3. The molecular formula is C8H18ClNO2. The summed E-state index contributed by atoms with van der Waals surface area (Å²) in [5, 5.41) is 0. The number of hydrogen-bond donors (Lipinski definition) is 1. The predicted molar refractivity (Wildman–Crippen MR) is 51.3 cm³/mol. The Labute approximate surface area is 80.1 Å². The van der Waals surface area contributed by atoms with E-state index in [9.17, 15) is 4.79 Å². The van der Waals surface area contributed by atoms with Gasteiger partial charge in [-0.1, -0.05) is 13.8 Å². The largest absolute Gasteiger partial charge is 0.469 e. The van der Waals surface area contributed by atoms with Crippen LogP contribution in [0.2, 0.25) is 0 Å². The molecule has 74 valence electrons. The molecule has 0 aromatic heterocycles. The molecule has 1 atom stereocenters. The van der Waals surface area contributed by atoms with Gasteiger partial charge in [0, 0.05) is 5.54 Å². The molecular weight excluding hydrogens is 178 g/mol. The maximum absolute atomic E-state index is 10.8. The van der Waals surface area contributed by atoms with Crippen LogP contribution in [0.15, 0.2) is 0 Å². The van der Waals surface area contributed by atoms with E-state index in [1.165, 1.54) is 7.11 Å². The summed E-state index contributed by atoms with van der Waals surface area (Å²) >= 11 is 0. The molecule has 0 saturated carbocycles. The Morgan fingerprint density at radius 2 is 2.00 bits per heavy atom. The van der Waals surface area contributed by atoms with Crippen molar-refractivity contribution in [2.24, 2.45) is 11.7 Å². The second-order valence-electron chi connectivity index (χ2n) is 3.41. The van der Waals surface area contributed by atoms with E-state index in [1.807, 2.05) is 20.8 Å². The van der Waals surface area contributed by atoms with Crippen molar-refractivity contribution in [3.8, 4) is 0 Å². The number of methoxy groups -OCH3 is 1. The summed E-state index contributed by atoms with van der Waals surface area (Å²) < 4.78 is 4.52. The van der Waals surface area contributed by atoms with Crippen LogP contribution in [0.1, 0.15) is 27.2 Å². The zero-order valence-electron chi connectivity index (χ0n) is 8.09. The van der Waals surface area contributed by atoms with Crippen LogP contribution in [0.5, 0.6) is 0 Å². The number of carbonyl (C=O) groups is 1. The molecule has 0 aromatic carbocycles. The number of ether oxygens (including phenoxy) is 1. The number of nitrogens with two attached hydrogens (primary N) is 1. The summed E-state index contributed by atoms with van der Waals surface area (Å²) in [7, 11) is 1.37. The Kier molecular flexibility index (Phi) is 6.39. The molecule has 0 bridgehead atoms. The first-order chi connectivity index (χ1) is 4.90. The number of esters is 1. The lowest BCUT2D eigenvalue weighted by Gasteiger charge is -2.27. The molecule has 0 aliphatic carbocycles. The van der Waals surface area contributed by atoms with E-state index in [0.717, 1.165) is 0 Å². The summed E-state index contributed by atoms with van der Waals surface area (Å²) in [6, 6.07) is 0. The standard InChI is InChI=1S/C8H17NO2.ClH/c1-6(2)8(3,9)5-7(10)11-4;/h6H,5,9H2,1-4H3;1H. The van der Waals surface area contributed by atoms with Crippen LogP contribution >= 0.6 is 12.4 Å². The van der Waals surface area contributed by atoms with Gasteiger partial charge < -0.3 is 10.5 Å². The van der Waals surface area contributed by atoms with Gasteiger partial charge in [0.15, 0.2) is 0 Å². The molecule has 0 saturated heterocycles. The molecule has 3 nitrogen and oxygen atoms in total. The fourth-order valence-electron chi connectivity index (χ4n) is 0.587. The molecule has 0 spiro atoms. The minimum absolute atomic E-state index is 0. The van der Waals surface area contributed by atoms with Crippen molar-refractivity contribution in [3.05, 3.63) is 0 Å². The molecule has 12 heavy (non-hydrogen) atoms. The van der Waals surface area contributed by atoms with Gasteiger partial charge in [0.05, 0.1) is 13.5 Å². The van der Waals surface area contributed by atoms with Crippen molar-refractivity contribution in [3.63, 3.8) is 0 Å². The van der Waals surface area contributed by atoms with Crippen LogP contribution in [-0.2, 0) is 9.53 Å². The summed E-state index contributed by atoms with van der Waals surface area (Å²) in [5.74, 6) is 0.0327. The third-order valence-electron chi connectivity index (χ3n) is 2.07. The van der Waals surface area contributed by atoms with Gasteiger partial charge >= 0.3 is 5.97 Å². The van der Waals surface area contributed by atoms with Gasteiger partial charge in [0.2, 0.25) is 0 Å². The van der Waals surface area contributed by atoms with Crippen LogP contribution in [0, 0.1) is 5.92 Å². The van der Waals surface area contributed by atoms with Crippen molar-refractivity contribution >= 4 is 18.4 Å². The van der Waals surface area contributed by atoms with Crippen molar-refractivity contribution in [1.82, 2.24) is 0 Å². The van der Waals surface area contributed by atoms with E-state index in [4.69, 9.17) is 5.73 Å². The quantitative estimate of drug-likeness (QED) is 0.692. The molecule has 0 rings (SSSR count). The average Bonchev–Trinajstić information content (AvgIpc) is 1.86. The summed E-state index contributed by atoms with van der Waals surface area (Å²) in [6.07, 6.45) is 0.279. The first-order valence-corrected chi connectivity index (χ1v) is 3.76. The summed E-state index contributed by atoms with van der Waals surface area (Å²) in [4.78, 5) is 10.8. The van der Waals surface area contributed by atoms with Gasteiger partial charge in [-0.3, -0.25) is 4.79 Å². The fourth-order valence-corrected chi connectivity index (χ4v) is 0.587. The monoisotopic (exact) mass is 195 g/mol. The van der Waals surface area contributed by atoms with E-state index in [1.54, 1.807) is 0 Å².